The number of carbonyl (C=O) groups excluding carboxylic acids is 1. The summed E-state index contributed by atoms with van der Waals surface area (Å²) in [6.07, 6.45) is -3.59. The van der Waals surface area contributed by atoms with E-state index in [-0.39, 0.29) is 35.9 Å². The van der Waals surface area contributed by atoms with Crippen molar-refractivity contribution in [3.8, 4) is 11.5 Å². The number of Topliss-reactive ketones (excluding diaryl/α,β-unsaturated/α-hetero) is 1. The summed E-state index contributed by atoms with van der Waals surface area (Å²) in [6, 6.07) is 10.9. The Morgan fingerprint density at radius 2 is 1.86 bits per heavy atom. The highest BCUT2D eigenvalue weighted by Gasteiger charge is 2.45. The summed E-state index contributed by atoms with van der Waals surface area (Å²) in [5, 5.41) is 41.1. The van der Waals surface area contributed by atoms with Gasteiger partial charge in [0.1, 0.15) is 53.7 Å². The Bertz CT molecular complexity index is 1220. The van der Waals surface area contributed by atoms with E-state index in [9.17, 15) is 25.2 Å². The molecule has 0 saturated carbocycles. The predicted molar refractivity (Wildman–Crippen MR) is 130 cm³/mol. The molecule has 4 rings (SSSR count). The van der Waals surface area contributed by atoms with Crippen LogP contribution in [0.15, 0.2) is 59.7 Å². The summed E-state index contributed by atoms with van der Waals surface area (Å²) < 4.78 is 22.5. The molecular weight excluding hydrogens is 468 g/mol. The molecule has 0 radical (unpaired) electrons. The van der Waals surface area contributed by atoms with Crippen LogP contribution in [0.1, 0.15) is 27.9 Å². The number of benzene rings is 2. The van der Waals surface area contributed by atoms with Gasteiger partial charge in [-0.25, -0.2) is 0 Å². The number of aliphatic hydroxyl groups is 4. The molecule has 0 bridgehead atoms. The number of fused-ring (bicyclic) bond motifs is 1. The predicted octanol–water partition coefficient (Wildman–Crippen LogP) is 2.30. The summed E-state index contributed by atoms with van der Waals surface area (Å²) in [5.41, 5.74) is 2.59. The molecule has 1 aliphatic rings. The molecule has 0 spiro atoms. The summed E-state index contributed by atoms with van der Waals surface area (Å²) in [6.45, 7) is 4.99. The van der Waals surface area contributed by atoms with Gasteiger partial charge in [-0.2, -0.15) is 0 Å². The average Bonchev–Trinajstić information content (AvgIpc) is 3.34. The van der Waals surface area contributed by atoms with Gasteiger partial charge in [0.15, 0.2) is 5.78 Å². The van der Waals surface area contributed by atoms with Crippen molar-refractivity contribution in [2.75, 3.05) is 13.2 Å². The van der Waals surface area contributed by atoms with E-state index in [1.807, 2.05) is 24.3 Å². The average molecular weight is 499 g/mol. The highest BCUT2D eigenvalue weighted by Crippen LogP contribution is 2.35. The van der Waals surface area contributed by atoms with Crippen LogP contribution >= 0.6 is 0 Å². The monoisotopic (exact) mass is 498 g/mol. The van der Waals surface area contributed by atoms with Gasteiger partial charge in [0.05, 0.1) is 12.9 Å². The lowest BCUT2D eigenvalue weighted by atomic mass is 9.98. The Morgan fingerprint density at radius 3 is 2.61 bits per heavy atom. The normalized spacial score (nSPS) is 24.0. The minimum absolute atomic E-state index is 0.0914. The van der Waals surface area contributed by atoms with E-state index in [0.717, 1.165) is 22.1 Å². The lowest BCUT2D eigenvalue weighted by molar-refractivity contribution is -0.277. The maximum Gasteiger partial charge on any atom is 0.229 e. The van der Waals surface area contributed by atoms with Gasteiger partial charge in [0, 0.05) is 11.8 Å². The zero-order valence-electron chi connectivity index (χ0n) is 19.9. The van der Waals surface area contributed by atoms with Crippen LogP contribution in [0, 0.1) is 6.92 Å². The third kappa shape index (κ3) is 5.45. The molecule has 2 aromatic carbocycles. The number of aryl methyl sites for hydroxylation is 2. The molecule has 1 aromatic heterocycles. The number of ketones is 1. The van der Waals surface area contributed by atoms with Gasteiger partial charge >= 0.3 is 0 Å². The first-order chi connectivity index (χ1) is 17.3. The van der Waals surface area contributed by atoms with Gasteiger partial charge in [-0.15, -0.1) is 0 Å². The SMILES string of the molecule is C=CCOc1cc(C)cc(O[C@@H]2O[C@H](CO)[C@@H](O)[C@H](O)[C@H]2O)c1C(=O)CCc1ccc2occc2c1. The molecule has 1 aliphatic heterocycles. The first kappa shape index (κ1) is 25.9. The highest BCUT2D eigenvalue weighted by atomic mass is 16.7. The maximum atomic E-state index is 13.5. The number of furan rings is 1. The quantitative estimate of drug-likeness (QED) is 0.245. The van der Waals surface area contributed by atoms with E-state index in [0.29, 0.717) is 6.42 Å². The van der Waals surface area contributed by atoms with Crippen molar-refractivity contribution in [1.82, 2.24) is 0 Å². The molecule has 0 aliphatic carbocycles. The molecule has 2 heterocycles. The Kier molecular flexibility index (Phi) is 8.07. The minimum Gasteiger partial charge on any atom is -0.489 e. The van der Waals surface area contributed by atoms with E-state index >= 15 is 0 Å². The van der Waals surface area contributed by atoms with E-state index < -0.39 is 37.3 Å². The third-order valence-electron chi connectivity index (χ3n) is 6.09. The van der Waals surface area contributed by atoms with Crippen LogP contribution < -0.4 is 9.47 Å². The molecule has 192 valence electrons. The number of carbonyl (C=O) groups is 1. The van der Waals surface area contributed by atoms with E-state index in [4.69, 9.17) is 18.6 Å². The van der Waals surface area contributed by atoms with Gasteiger partial charge in [0.2, 0.25) is 6.29 Å². The van der Waals surface area contributed by atoms with Crippen LogP contribution in [-0.2, 0) is 11.2 Å². The topological polar surface area (TPSA) is 139 Å². The van der Waals surface area contributed by atoms with Crippen molar-refractivity contribution in [2.45, 2.75) is 50.5 Å². The van der Waals surface area contributed by atoms with E-state index in [1.54, 1.807) is 31.4 Å². The molecule has 1 fully saturated rings. The zero-order chi connectivity index (χ0) is 25.8. The van der Waals surface area contributed by atoms with Crippen LogP contribution in [-0.4, -0.2) is 70.1 Å². The fourth-order valence-electron chi connectivity index (χ4n) is 4.20. The second-order valence-electron chi connectivity index (χ2n) is 8.77. The lowest BCUT2D eigenvalue weighted by Gasteiger charge is -2.39. The molecular formula is C27H30O9. The molecule has 36 heavy (non-hydrogen) atoms. The van der Waals surface area contributed by atoms with Crippen molar-refractivity contribution in [1.29, 1.82) is 0 Å². The Hall–Kier alpha value is -3.21. The number of rotatable bonds is 10. The van der Waals surface area contributed by atoms with Gasteiger partial charge < -0.3 is 39.1 Å². The largest absolute Gasteiger partial charge is 0.489 e. The van der Waals surface area contributed by atoms with Crippen LogP contribution in [0.4, 0.5) is 0 Å². The number of aliphatic hydroxyl groups excluding tert-OH is 4. The van der Waals surface area contributed by atoms with E-state index in [2.05, 4.69) is 6.58 Å². The Balaban J connectivity index is 1.61. The standard InChI is InChI=1S/C27H30O9/c1-3-9-33-20-11-15(2)12-21(35-27-26(32)25(31)24(30)22(14-28)36-27)23(20)18(29)6-4-16-5-7-19-17(13-16)8-10-34-19/h3,5,7-8,10-13,22,24-28,30-32H,1,4,6,9,14H2,2H3/t22-,24-,25+,26-,27-/m1/s1. The second kappa shape index (κ2) is 11.2. The first-order valence-electron chi connectivity index (χ1n) is 11.7. The fourth-order valence-corrected chi connectivity index (χ4v) is 4.20. The smallest absolute Gasteiger partial charge is 0.229 e. The molecule has 1 saturated heterocycles. The molecule has 3 aromatic rings. The van der Waals surface area contributed by atoms with Crippen LogP contribution in [0.3, 0.4) is 0 Å². The summed E-state index contributed by atoms with van der Waals surface area (Å²) in [5.74, 6) is 0.111. The summed E-state index contributed by atoms with van der Waals surface area (Å²) >= 11 is 0. The molecule has 9 nitrogen and oxygen atoms in total. The number of hydrogen-bond acceptors (Lipinski definition) is 9. The number of ether oxygens (including phenoxy) is 3. The first-order valence-corrected chi connectivity index (χ1v) is 11.7. The van der Waals surface area contributed by atoms with Gasteiger partial charge in [-0.05, 0) is 54.8 Å². The minimum atomic E-state index is -1.62. The Labute approximate surface area is 208 Å². The molecule has 4 N–H and O–H groups in total. The summed E-state index contributed by atoms with van der Waals surface area (Å²) in [7, 11) is 0. The van der Waals surface area contributed by atoms with Gasteiger partial charge in [-0.1, -0.05) is 18.7 Å². The highest BCUT2D eigenvalue weighted by molar-refractivity contribution is 6.01. The van der Waals surface area contributed by atoms with Crippen molar-refractivity contribution in [2.24, 2.45) is 0 Å². The van der Waals surface area contributed by atoms with Crippen LogP contribution in [0.25, 0.3) is 11.0 Å². The van der Waals surface area contributed by atoms with Crippen molar-refractivity contribution < 1.29 is 43.8 Å². The third-order valence-corrected chi connectivity index (χ3v) is 6.09. The lowest BCUT2D eigenvalue weighted by Crippen LogP contribution is -2.60. The van der Waals surface area contributed by atoms with Crippen LogP contribution in [0.2, 0.25) is 0 Å². The van der Waals surface area contributed by atoms with Crippen LogP contribution in [0.5, 0.6) is 11.5 Å². The second-order valence-corrected chi connectivity index (χ2v) is 8.77. The van der Waals surface area contributed by atoms with Crippen molar-refractivity contribution >= 4 is 16.8 Å². The number of hydrogen-bond donors (Lipinski definition) is 4. The fraction of sp³-hybridized carbons (Fsp3) is 0.370. The maximum absolute atomic E-state index is 13.5. The Morgan fingerprint density at radius 1 is 1.08 bits per heavy atom. The van der Waals surface area contributed by atoms with Crippen molar-refractivity contribution in [3.05, 3.63) is 72.0 Å². The molecule has 0 unspecified atom stereocenters. The molecule has 9 heteroatoms. The van der Waals surface area contributed by atoms with Crippen molar-refractivity contribution in [3.63, 3.8) is 0 Å². The molecule has 0 amide bonds. The van der Waals surface area contributed by atoms with E-state index in [1.165, 1.54) is 0 Å². The van der Waals surface area contributed by atoms with Gasteiger partial charge in [0.25, 0.3) is 0 Å². The zero-order valence-corrected chi connectivity index (χ0v) is 19.9. The van der Waals surface area contributed by atoms with Gasteiger partial charge in [-0.3, -0.25) is 4.79 Å². The molecule has 5 atom stereocenters. The summed E-state index contributed by atoms with van der Waals surface area (Å²) in [4.78, 5) is 13.5.